The molecule has 0 saturated carbocycles. The maximum absolute atomic E-state index is 12.1. The first-order valence-electron chi connectivity index (χ1n) is 8.08. The molecular formula is C18H23N3O2S. The Labute approximate surface area is 146 Å². The number of nitrogens with zero attached hydrogens (tertiary/aromatic N) is 1. The fourth-order valence-electron chi connectivity index (χ4n) is 2.14. The number of carbonyl (C=O) groups is 2. The highest BCUT2D eigenvalue weighted by molar-refractivity contribution is 7.13. The van der Waals surface area contributed by atoms with E-state index in [2.05, 4.69) is 15.6 Å². The number of hydrogen-bond donors (Lipinski definition) is 2. The van der Waals surface area contributed by atoms with Crippen molar-refractivity contribution < 1.29 is 9.59 Å². The highest BCUT2D eigenvalue weighted by Gasteiger charge is 2.16. The van der Waals surface area contributed by atoms with E-state index >= 15 is 0 Å². The SMILES string of the molecule is CCCNC(=O)C(C)NC(=O)Cc1csc(-c2ccc(C)cc2)n1. The van der Waals surface area contributed by atoms with E-state index in [0.717, 1.165) is 17.0 Å². The zero-order chi connectivity index (χ0) is 17.5. The van der Waals surface area contributed by atoms with Gasteiger partial charge in [-0.05, 0) is 20.3 Å². The van der Waals surface area contributed by atoms with Gasteiger partial charge in [-0.3, -0.25) is 9.59 Å². The molecule has 1 unspecified atom stereocenters. The number of thiazole rings is 1. The molecule has 2 aromatic rings. The van der Waals surface area contributed by atoms with Gasteiger partial charge in [-0.1, -0.05) is 36.8 Å². The van der Waals surface area contributed by atoms with E-state index < -0.39 is 6.04 Å². The summed E-state index contributed by atoms with van der Waals surface area (Å²) in [5.74, 6) is -0.362. The van der Waals surface area contributed by atoms with Crippen LogP contribution in [0.3, 0.4) is 0 Å². The first kappa shape index (κ1) is 18.1. The highest BCUT2D eigenvalue weighted by Crippen LogP contribution is 2.24. The van der Waals surface area contributed by atoms with Gasteiger partial charge in [-0.25, -0.2) is 4.98 Å². The maximum atomic E-state index is 12.1. The number of carbonyl (C=O) groups excluding carboxylic acids is 2. The van der Waals surface area contributed by atoms with Crippen molar-refractivity contribution in [3.8, 4) is 10.6 Å². The monoisotopic (exact) mass is 345 g/mol. The molecule has 1 aromatic carbocycles. The number of hydrogen-bond acceptors (Lipinski definition) is 4. The van der Waals surface area contributed by atoms with Crippen molar-refractivity contribution in [2.75, 3.05) is 6.54 Å². The molecule has 0 saturated heterocycles. The van der Waals surface area contributed by atoms with Crippen LogP contribution in [0, 0.1) is 6.92 Å². The van der Waals surface area contributed by atoms with Crippen molar-refractivity contribution in [1.82, 2.24) is 15.6 Å². The van der Waals surface area contributed by atoms with Gasteiger partial charge in [0.2, 0.25) is 11.8 Å². The fraction of sp³-hybridized carbons (Fsp3) is 0.389. The number of rotatable bonds is 7. The molecule has 0 bridgehead atoms. The Morgan fingerprint density at radius 1 is 1.25 bits per heavy atom. The third kappa shape index (κ3) is 5.16. The van der Waals surface area contributed by atoms with Crippen LogP contribution in [-0.4, -0.2) is 29.4 Å². The lowest BCUT2D eigenvalue weighted by molar-refractivity contribution is -0.128. The molecule has 2 rings (SSSR count). The predicted molar refractivity (Wildman–Crippen MR) is 96.9 cm³/mol. The molecule has 5 nitrogen and oxygen atoms in total. The first-order valence-corrected chi connectivity index (χ1v) is 8.96. The standard InChI is InChI=1S/C18H23N3O2S/c1-4-9-19-17(23)13(3)20-16(22)10-15-11-24-18(21-15)14-7-5-12(2)6-8-14/h5-8,11,13H,4,9-10H2,1-3H3,(H,19,23)(H,20,22). The van der Waals surface area contributed by atoms with Gasteiger partial charge >= 0.3 is 0 Å². The van der Waals surface area contributed by atoms with Gasteiger partial charge in [-0.2, -0.15) is 0 Å². The minimum absolute atomic E-state index is 0.163. The number of amides is 2. The summed E-state index contributed by atoms with van der Waals surface area (Å²) in [5, 5.41) is 8.25. The Hall–Kier alpha value is -2.21. The average molecular weight is 345 g/mol. The van der Waals surface area contributed by atoms with Crippen molar-refractivity contribution in [2.24, 2.45) is 0 Å². The molecule has 1 aromatic heterocycles. The maximum Gasteiger partial charge on any atom is 0.242 e. The van der Waals surface area contributed by atoms with Crippen molar-refractivity contribution in [2.45, 2.75) is 39.7 Å². The Balaban J connectivity index is 1.90. The van der Waals surface area contributed by atoms with Gasteiger partial charge in [-0.15, -0.1) is 11.3 Å². The van der Waals surface area contributed by atoms with Crippen molar-refractivity contribution >= 4 is 23.2 Å². The zero-order valence-electron chi connectivity index (χ0n) is 14.3. The molecule has 0 aliphatic rings. The van der Waals surface area contributed by atoms with Crippen LogP contribution in [0.2, 0.25) is 0 Å². The first-order chi connectivity index (χ1) is 11.5. The number of benzene rings is 1. The molecule has 0 spiro atoms. The van der Waals surface area contributed by atoms with Crippen molar-refractivity contribution in [3.05, 3.63) is 40.9 Å². The second kappa shape index (κ2) is 8.59. The molecule has 0 fully saturated rings. The molecule has 1 atom stereocenters. The van der Waals surface area contributed by atoms with Crippen LogP contribution in [0.15, 0.2) is 29.6 Å². The molecule has 0 aliphatic carbocycles. The van der Waals surface area contributed by atoms with E-state index in [1.165, 1.54) is 16.9 Å². The molecule has 1 heterocycles. The summed E-state index contributed by atoms with van der Waals surface area (Å²) >= 11 is 1.52. The number of nitrogens with one attached hydrogen (secondary N) is 2. The van der Waals surface area contributed by atoms with Gasteiger partial charge < -0.3 is 10.6 Å². The van der Waals surface area contributed by atoms with E-state index in [1.54, 1.807) is 6.92 Å². The predicted octanol–water partition coefficient (Wildman–Crippen LogP) is 2.69. The van der Waals surface area contributed by atoms with Crippen LogP contribution in [0.4, 0.5) is 0 Å². The van der Waals surface area contributed by atoms with Crippen LogP contribution in [0.5, 0.6) is 0 Å². The largest absolute Gasteiger partial charge is 0.354 e. The van der Waals surface area contributed by atoms with Crippen LogP contribution < -0.4 is 10.6 Å². The van der Waals surface area contributed by atoms with E-state index in [4.69, 9.17) is 0 Å². The Morgan fingerprint density at radius 2 is 1.96 bits per heavy atom. The molecule has 0 radical (unpaired) electrons. The van der Waals surface area contributed by atoms with E-state index in [0.29, 0.717) is 12.2 Å². The lowest BCUT2D eigenvalue weighted by atomic mass is 10.2. The van der Waals surface area contributed by atoms with Gasteiger partial charge in [0.15, 0.2) is 0 Å². The molecule has 2 N–H and O–H groups in total. The van der Waals surface area contributed by atoms with Crippen LogP contribution in [0.1, 0.15) is 31.5 Å². The van der Waals surface area contributed by atoms with Gasteiger partial charge in [0, 0.05) is 17.5 Å². The second-order valence-corrected chi connectivity index (χ2v) is 6.63. The molecule has 2 amide bonds. The summed E-state index contributed by atoms with van der Waals surface area (Å²) in [4.78, 5) is 28.3. The Bertz CT molecular complexity index is 695. The van der Waals surface area contributed by atoms with Gasteiger partial charge in [0.05, 0.1) is 12.1 Å². The lowest BCUT2D eigenvalue weighted by Gasteiger charge is -2.13. The van der Waals surface area contributed by atoms with E-state index in [1.807, 2.05) is 43.5 Å². The molecule has 0 aliphatic heterocycles. The summed E-state index contributed by atoms with van der Waals surface area (Å²) in [6.07, 6.45) is 1.04. The third-order valence-corrected chi connectivity index (χ3v) is 4.45. The normalized spacial score (nSPS) is 11.8. The van der Waals surface area contributed by atoms with Gasteiger partial charge in [0.25, 0.3) is 0 Å². The number of aryl methyl sites for hydroxylation is 1. The smallest absolute Gasteiger partial charge is 0.242 e. The van der Waals surface area contributed by atoms with Crippen molar-refractivity contribution in [1.29, 1.82) is 0 Å². The highest BCUT2D eigenvalue weighted by atomic mass is 32.1. The quantitative estimate of drug-likeness (QED) is 0.810. The Morgan fingerprint density at radius 3 is 2.62 bits per heavy atom. The summed E-state index contributed by atoms with van der Waals surface area (Å²) in [6, 6.07) is 7.59. The van der Waals surface area contributed by atoms with Crippen LogP contribution >= 0.6 is 11.3 Å². The van der Waals surface area contributed by atoms with Crippen molar-refractivity contribution in [3.63, 3.8) is 0 Å². The summed E-state index contributed by atoms with van der Waals surface area (Å²) in [6.45, 7) is 6.32. The topological polar surface area (TPSA) is 71.1 Å². The molecular weight excluding hydrogens is 322 g/mol. The van der Waals surface area contributed by atoms with Crippen LogP contribution in [0.25, 0.3) is 10.6 Å². The summed E-state index contributed by atoms with van der Waals surface area (Å²) in [7, 11) is 0. The minimum Gasteiger partial charge on any atom is -0.354 e. The van der Waals surface area contributed by atoms with Gasteiger partial charge in [0.1, 0.15) is 11.0 Å². The van der Waals surface area contributed by atoms with E-state index in [9.17, 15) is 9.59 Å². The minimum atomic E-state index is -0.542. The number of aromatic nitrogens is 1. The second-order valence-electron chi connectivity index (χ2n) is 5.77. The third-order valence-electron chi connectivity index (χ3n) is 3.51. The van der Waals surface area contributed by atoms with E-state index in [-0.39, 0.29) is 18.2 Å². The summed E-state index contributed by atoms with van der Waals surface area (Å²) in [5.41, 5.74) is 2.96. The molecule has 6 heteroatoms. The Kier molecular flexibility index (Phi) is 6.49. The zero-order valence-corrected chi connectivity index (χ0v) is 15.1. The lowest BCUT2D eigenvalue weighted by Crippen LogP contribution is -2.45. The summed E-state index contributed by atoms with van der Waals surface area (Å²) < 4.78 is 0. The average Bonchev–Trinajstić information content (AvgIpc) is 3.01. The van der Waals surface area contributed by atoms with Crippen LogP contribution in [-0.2, 0) is 16.0 Å². The fourth-order valence-corrected chi connectivity index (χ4v) is 2.97. The molecule has 24 heavy (non-hydrogen) atoms. The molecule has 128 valence electrons.